The standard InChI is InChI=1S/C16H24FN/c1-12-4-5-14(17)10-13(12)11-18-15-6-8-16(2,3)9-7-15/h4-5,10,15,18H,6-9,11H2,1-3H3. The largest absolute Gasteiger partial charge is 0.310 e. The Morgan fingerprint density at radius 2 is 1.94 bits per heavy atom. The summed E-state index contributed by atoms with van der Waals surface area (Å²) in [7, 11) is 0. The number of hydrogen-bond acceptors (Lipinski definition) is 1. The maximum absolute atomic E-state index is 13.2. The summed E-state index contributed by atoms with van der Waals surface area (Å²) < 4.78 is 13.2. The Morgan fingerprint density at radius 3 is 2.61 bits per heavy atom. The average Bonchev–Trinajstić information content (AvgIpc) is 2.32. The molecule has 1 nitrogen and oxygen atoms in total. The second-order valence-corrected chi connectivity index (χ2v) is 6.39. The summed E-state index contributed by atoms with van der Waals surface area (Å²) in [6, 6.07) is 5.63. The molecule has 1 aliphatic carbocycles. The highest BCUT2D eigenvalue weighted by atomic mass is 19.1. The molecule has 1 N–H and O–H groups in total. The van der Waals surface area contributed by atoms with Gasteiger partial charge in [0, 0.05) is 12.6 Å². The molecule has 100 valence electrons. The number of halogens is 1. The van der Waals surface area contributed by atoms with Gasteiger partial charge < -0.3 is 5.32 Å². The number of nitrogens with one attached hydrogen (secondary N) is 1. The Balaban J connectivity index is 1.87. The third kappa shape index (κ3) is 3.55. The second-order valence-electron chi connectivity index (χ2n) is 6.39. The molecule has 0 saturated heterocycles. The van der Waals surface area contributed by atoms with Crippen molar-refractivity contribution in [3.63, 3.8) is 0 Å². The number of benzene rings is 1. The first-order valence-corrected chi connectivity index (χ1v) is 6.95. The van der Waals surface area contributed by atoms with Gasteiger partial charge >= 0.3 is 0 Å². The summed E-state index contributed by atoms with van der Waals surface area (Å²) in [6.07, 6.45) is 5.04. The van der Waals surface area contributed by atoms with Crippen LogP contribution in [0.3, 0.4) is 0 Å². The first kappa shape index (κ1) is 13.5. The Bertz CT molecular complexity index is 402. The molecule has 0 unspecified atom stereocenters. The molecule has 1 saturated carbocycles. The van der Waals surface area contributed by atoms with Gasteiger partial charge in [-0.05, 0) is 61.3 Å². The van der Waals surface area contributed by atoms with Gasteiger partial charge in [-0.3, -0.25) is 0 Å². The molecule has 1 aromatic carbocycles. The van der Waals surface area contributed by atoms with Gasteiger partial charge in [0.15, 0.2) is 0 Å². The number of aryl methyl sites for hydroxylation is 1. The van der Waals surface area contributed by atoms with E-state index >= 15 is 0 Å². The Morgan fingerprint density at radius 1 is 1.28 bits per heavy atom. The summed E-state index contributed by atoms with van der Waals surface area (Å²) in [5.41, 5.74) is 2.76. The highest BCUT2D eigenvalue weighted by Crippen LogP contribution is 2.35. The number of rotatable bonds is 3. The predicted molar refractivity (Wildman–Crippen MR) is 74.0 cm³/mol. The maximum Gasteiger partial charge on any atom is 0.123 e. The van der Waals surface area contributed by atoms with Crippen LogP contribution in [0.25, 0.3) is 0 Å². The van der Waals surface area contributed by atoms with Crippen molar-refractivity contribution in [3.8, 4) is 0 Å². The molecule has 2 heteroatoms. The van der Waals surface area contributed by atoms with Gasteiger partial charge in [-0.25, -0.2) is 4.39 Å². The fraction of sp³-hybridized carbons (Fsp3) is 0.625. The van der Waals surface area contributed by atoms with Gasteiger partial charge in [0.05, 0.1) is 0 Å². The van der Waals surface area contributed by atoms with E-state index in [2.05, 4.69) is 19.2 Å². The van der Waals surface area contributed by atoms with Crippen LogP contribution >= 0.6 is 0 Å². The quantitative estimate of drug-likeness (QED) is 0.847. The zero-order chi connectivity index (χ0) is 13.2. The van der Waals surface area contributed by atoms with Crippen molar-refractivity contribution in [3.05, 3.63) is 35.1 Å². The fourth-order valence-corrected chi connectivity index (χ4v) is 2.69. The Kier molecular flexibility index (Phi) is 4.06. The normalized spacial score (nSPS) is 20.0. The lowest BCUT2D eigenvalue weighted by molar-refractivity contribution is 0.206. The van der Waals surface area contributed by atoms with E-state index in [1.165, 1.54) is 37.3 Å². The van der Waals surface area contributed by atoms with Crippen molar-refractivity contribution in [2.45, 2.75) is 59.0 Å². The molecule has 1 aromatic rings. The highest BCUT2D eigenvalue weighted by Gasteiger charge is 2.26. The molecule has 2 rings (SSSR count). The van der Waals surface area contributed by atoms with Crippen LogP contribution in [0.5, 0.6) is 0 Å². The summed E-state index contributed by atoms with van der Waals surface area (Å²) in [4.78, 5) is 0. The summed E-state index contributed by atoms with van der Waals surface area (Å²) in [5.74, 6) is -0.137. The lowest BCUT2D eigenvalue weighted by atomic mass is 9.75. The predicted octanol–water partition coefficient (Wildman–Crippen LogP) is 4.19. The van der Waals surface area contributed by atoms with Gasteiger partial charge in [0.2, 0.25) is 0 Å². The third-order valence-electron chi connectivity index (χ3n) is 4.23. The molecule has 0 atom stereocenters. The van der Waals surface area contributed by atoms with E-state index in [9.17, 15) is 4.39 Å². The number of hydrogen-bond donors (Lipinski definition) is 1. The zero-order valence-corrected chi connectivity index (χ0v) is 11.7. The molecule has 0 aliphatic heterocycles. The van der Waals surface area contributed by atoms with Gasteiger partial charge in [-0.2, -0.15) is 0 Å². The van der Waals surface area contributed by atoms with E-state index in [4.69, 9.17) is 0 Å². The molecule has 0 amide bonds. The summed E-state index contributed by atoms with van der Waals surface area (Å²) >= 11 is 0. The molecule has 1 fully saturated rings. The molecule has 0 heterocycles. The zero-order valence-electron chi connectivity index (χ0n) is 11.7. The molecule has 0 radical (unpaired) electrons. The van der Waals surface area contributed by atoms with Crippen LogP contribution in [-0.2, 0) is 6.54 Å². The van der Waals surface area contributed by atoms with E-state index in [-0.39, 0.29) is 5.82 Å². The van der Waals surface area contributed by atoms with Gasteiger partial charge in [-0.1, -0.05) is 19.9 Å². The molecule has 0 bridgehead atoms. The average molecular weight is 249 g/mol. The van der Waals surface area contributed by atoms with Crippen LogP contribution in [-0.4, -0.2) is 6.04 Å². The maximum atomic E-state index is 13.2. The highest BCUT2D eigenvalue weighted by molar-refractivity contribution is 5.26. The first-order chi connectivity index (χ1) is 8.46. The molecule has 1 aliphatic rings. The molecule has 18 heavy (non-hydrogen) atoms. The van der Waals surface area contributed by atoms with Crippen molar-refractivity contribution in [2.24, 2.45) is 5.41 Å². The van der Waals surface area contributed by atoms with E-state index in [1.807, 2.05) is 13.0 Å². The van der Waals surface area contributed by atoms with Crippen LogP contribution in [0.15, 0.2) is 18.2 Å². The SMILES string of the molecule is Cc1ccc(F)cc1CNC1CCC(C)(C)CC1. The van der Waals surface area contributed by atoms with Crippen LogP contribution in [0, 0.1) is 18.2 Å². The Labute approximate surface area is 110 Å². The minimum Gasteiger partial charge on any atom is -0.310 e. The summed E-state index contributed by atoms with van der Waals surface area (Å²) in [5, 5.41) is 3.58. The monoisotopic (exact) mass is 249 g/mol. The van der Waals surface area contributed by atoms with Crippen molar-refractivity contribution >= 4 is 0 Å². The van der Waals surface area contributed by atoms with Gasteiger partial charge in [-0.15, -0.1) is 0 Å². The van der Waals surface area contributed by atoms with Crippen molar-refractivity contribution in [2.75, 3.05) is 0 Å². The minimum absolute atomic E-state index is 0.137. The van der Waals surface area contributed by atoms with E-state index in [1.54, 1.807) is 6.07 Å². The second kappa shape index (κ2) is 5.40. The van der Waals surface area contributed by atoms with Crippen molar-refractivity contribution < 1.29 is 4.39 Å². The van der Waals surface area contributed by atoms with E-state index < -0.39 is 0 Å². The van der Waals surface area contributed by atoms with Crippen molar-refractivity contribution in [1.29, 1.82) is 0 Å². The minimum atomic E-state index is -0.137. The van der Waals surface area contributed by atoms with E-state index in [0.717, 1.165) is 12.1 Å². The smallest absolute Gasteiger partial charge is 0.123 e. The molecular formula is C16H24FN. The fourth-order valence-electron chi connectivity index (χ4n) is 2.69. The van der Waals surface area contributed by atoms with Gasteiger partial charge in [0.1, 0.15) is 5.82 Å². The van der Waals surface area contributed by atoms with Crippen molar-refractivity contribution in [1.82, 2.24) is 5.32 Å². The first-order valence-electron chi connectivity index (χ1n) is 6.95. The van der Waals surface area contributed by atoms with Gasteiger partial charge in [0.25, 0.3) is 0 Å². The third-order valence-corrected chi connectivity index (χ3v) is 4.23. The summed E-state index contributed by atoms with van der Waals surface area (Å²) in [6.45, 7) is 7.52. The Hall–Kier alpha value is -0.890. The topological polar surface area (TPSA) is 12.0 Å². The molecule has 0 aromatic heterocycles. The van der Waals surface area contributed by atoms with E-state index in [0.29, 0.717) is 11.5 Å². The lowest BCUT2D eigenvalue weighted by Gasteiger charge is -2.34. The van der Waals surface area contributed by atoms with Crippen LogP contribution in [0.1, 0.15) is 50.7 Å². The van der Waals surface area contributed by atoms with Crippen LogP contribution < -0.4 is 5.32 Å². The molecule has 0 spiro atoms. The lowest BCUT2D eigenvalue weighted by Crippen LogP contribution is -2.35. The van der Waals surface area contributed by atoms with Crippen LogP contribution in [0.2, 0.25) is 0 Å². The van der Waals surface area contributed by atoms with Crippen LogP contribution in [0.4, 0.5) is 4.39 Å². The molecular weight excluding hydrogens is 225 g/mol.